The zero-order chi connectivity index (χ0) is 23.1. The Bertz CT molecular complexity index is 904. The van der Waals surface area contributed by atoms with Crippen LogP contribution in [0.5, 0.6) is 0 Å². The first-order chi connectivity index (χ1) is 15.4. The highest BCUT2D eigenvalue weighted by atomic mass is 35.5. The maximum absolute atomic E-state index is 13.5. The molecule has 1 aliphatic rings. The quantitative estimate of drug-likeness (QED) is 0.502. The highest BCUT2D eigenvalue weighted by Gasteiger charge is 2.30. The summed E-state index contributed by atoms with van der Waals surface area (Å²) in [6, 6.07) is 12.9. The topological polar surface area (TPSA) is 49.4 Å². The van der Waals surface area contributed by atoms with Gasteiger partial charge in [0.2, 0.25) is 11.8 Å². The third kappa shape index (κ3) is 6.49. The molecule has 172 valence electrons. The van der Waals surface area contributed by atoms with Crippen LogP contribution in [0.25, 0.3) is 0 Å². The Kier molecular flexibility index (Phi) is 9.01. The molecule has 0 aliphatic heterocycles. The van der Waals surface area contributed by atoms with Crippen molar-refractivity contribution < 1.29 is 9.59 Å². The Morgan fingerprint density at radius 2 is 1.66 bits per heavy atom. The number of rotatable bonds is 8. The smallest absolute Gasteiger partial charge is 0.243 e. The number of hydrogen-bond donors (Lipinski definition) is 1. The van der Waals surface area contributed by atoms with Gasteiger partial charge in [0.05, 0.1) is 6.42 Å². The molecule has 32 heavy (non-hydrogen) atoms. The maximum atomic E-state index is 13.5. The van der Waals surface area contributed by atoms with Crippen LogP contribution >= 0.6 is 23.2 Å². The minimum absolute atomic E-state index is 0.0532. The SMILES string of the molecule is CC[C@@H](C(=O)NC1CCCCC1)N(Cc1ccc(C)cc1)C(=O)Cc1c(Cl)cccc1Cl. The van der Waals surface area contributed by atoms with Crippen molar-refractivity contribution in [2.45, 2.75) is 77.4 Å². The number of carbonyl (C=O) groups is 2. The Balaban J connectivity index is 1.84. The van der Waals surface area contributed by atoms with E-state index in [-0.39, 0.29) is 24.3 Å². The van der Waals surface area contributed by atoms with Gasteiger partial charge in [-0.1, -0.05) is 85.3 Å². The zero-order valence-corrected chi connectivity index (χ0v) is 20.4. The lowest BCUT2D eigenvalue weighted by Crippen LogP contribution is -2.52. The standard InChI is InChI=1S/C26H32Cl2N2O2/c1-3-24(26(32)29-20-8-5-4-6-9-20)30(17-19-14-12-18(2)13-15-19)25(31)16-21-22(27)10-7-11-23(21)28/h7,10-15,20,24H,3-6,8-9,16-17H2,1-2H3,(H,29,32)/t24-/m0/s1. The maximum Gasteiger partial charge on any atom is 0.243 e. The lowest BCUT2D eigenvalue weighted by atomic mass is 9.95. The Morgan fingerprint density at radius 1 is 1.03 bits per heavy atom. The van der Waals surface area contributed by atoms with Crippen LogP contribution in [0.15, 0.2) is 42.5 Å². The fourth-order valence-corrected chi connectivity index (χ4v) is 4.84. The molecule has 1 fully saturated rings. The van der Waals surface area contributed by atoms with Crippen LogP contribution in [-0.4, -0.2) is 28.8 Å². The summed E-state index contributed by atoms with van der Waals surface area (Å²) in [5.41, 5.74) is 2.73. The summed E-state index contributed by atoms with van der Waals surface area (Å²) in [5, 5.41) is 4.12. The fourth-order valence-electron chi connectivity index (χ4n) is 4.31. The van der Waals surface area contributed by atoms with Gasteiger partial charge in [0, 0.05) is 22.6 Å². The van der Waals surface area contributed by atoms with Crippen molar-refractivity contribution in [3.63, 3.8) is 0 Å². The van der Waals surface area contributed by atoms with Gasteiger partial charge in [-0.2, -0.15) is 0 Å². The van der Waals surface area contributed by atoms with Gasteiger partial charge in [-0.25, -0.2) is 0 Å². The predicted molar refractivity (Wildman–Crippen MR) is 131 cm³/mol. The first-order valence-electron chi connectivity index (χ1n) is 11.5. The largest absolute Gasteiger partial charge is 0.352 e. The Morgan fingerprint density at radius 3 is 2.25 bits per heavy atom. The molecule has 0 heterocycles. The molecule has 1 saturated carbocycles. The molecule has 1 N–H and O–H groups in total. The molecule has 0 spiro atoms. The van der Waals surface area contributed by atoms with E-state index in [9.17, 15) is 9.59 Å². The average Bonchev–Trinajstić information content (AvgIpc) is 2.78. The second-order valence-corrected chi connectivity index (χ2v) is 9.47. The number of benzene rings is 2. The Labute approximate surface area is 201 Å². The van der Waals surface area contributed by atoms with Gasteiger partial charge < -0.3 is 10.2 Å². The Hall–Kier alpha value is -2.04. The number of aryl methyl sites for hydroxylation is 1. The van der Waals surface area contributed by atoms with Crippen molar-refractivity contribution in [1.29, 1.82) is 0 Å². The summed E-state index contributed by atoms with van der Waals surface area (Å²) in [6.45, 7) is 4.33. The number of amides is 2. The number of carbonyl (C=O) groups excluding carboxylic acids is 2. The fraction of sp³-hybridized carbons (Fsp3) is 0.462. The number of nitrogens with zero attached hydrogens (tertiary/aromatic N) is 1. The summed E-state index contributed by atoms with van der Waals surface area (Å²) in [6.07, 6.45) is 6.09. The van der Waals surface area contributed by atoms with Crippen LogP contribution in [0.4, 0.5) is 0 Å². The molecule has 0 saturated heterocycles. The van der Waals surface area contributed by atoms with E-state index in [4.69, 9.17) is 23.2 Å². The molecule has 2 amide bonds. The van der Waals surface area contributed by atoms with Crippen LogP contribution in [-0.2, 0) is 22.6 Å². The molecular weight excluding hydrogens is 443 g/mol. The molecule has 0 unspecified atom stereocenters. The van der Waals surface area contributed by atoms with E-state index < -0.39 is 6.04 Å². The summed E-state index contributed by atoms with van der Waals surface area (Å²) in [5.74, 6) is -0.240. The van der Waals surface area contributed by atoms with Crippen LogP contribution in [0.3, 0.4) is 0 Å². The van der Waals surface area contributed by atoms with Gasteiger partial charge >= 0.3 is 0 Å². The van der Waals surface area contributed by atoms with E-state index in [1.807, 2.05) is 38.1 Å². The molecular formula is C26H32Cl2N2O2. The minimum atomic E-state index is -0.549. The van der Waals surface area contributed by atoms with E-state index in [1.54, 1.807) is 23.1 Å². The lowest BCUT2D eigenvalue weighted by Gasteiger charge is -2.33. The van der Waals surface area contributed by atoms with Gasteiger partial charge in [-0.15, -0.1) is 0 Å². The van der Waals surface area contributed by atoms with E-state index in [1.165, 1.54) is 6.42 Å². The van der Waals surface area contributed by atoms with Gasteiger partial charge in [0.1, 0.15) is 6.04 Å². The summed E-state index contributed by atoms with van der Waals surface area (Å²) < 4.78 is 0. The van der Waals surface area contributed by atoms with Gasteiger partial charge in [0.15, 0.2) is 0 Å². The molecule has 1 aliphatic carbocycles. The molecule has 2 aromatic carbocycles. The first-order valence-corrected chi connectivity index (χ1v) is 12.2. The molecule has 0 radical (unpaired) electrons. The van der Waals surface area contributed by atoms with Crippen LogP contribution in [0.2, 0.25) is 10.0 Å². The summed E-state index contributed by atoms with van der Waals surface area (Å²) in [4.78, 5) is 28.5. The van der Waals surface area contributed by atoms with Gasteiger partial charge in [-0.05, 0) is 49.4 Å². The highest BCUT2D eigenvalue weighted by molar-refractivity contribution is 6.36. The molecule has 6 heteroatoms. The van der Waals surface area contributed by atoms with E-state index >= 15 is 0 Å². The predicted octanol–water partition coefficient (Wildman–Crippen LogP) is 6.10. The molecule has 0 aromatic heterocycles. The normalized spacial score (nSPS) is 15.2. The van der Waals surface area contributed by atoms with Crippen molar-refractivity contribution in [1.82, 2.24) is 10.2 Å². The minimum Gasteiger partial charge on any atom is -0.352 e. The van der Waals surface area contributed by atoms with Crippen molar-refractivity contribution in [3.05, 3.63) is 69.2 Å². The summed E-state index contributed by atoms with van der Waals surface area (Å²) >= 11 is 12.7. The average molecular weight is 475 g/mol. The van der Waals surface area contributed by atoms with E-state index in [0.717, 1.165) is 36.8 Å². The highest BCUT2D eigenvalue weighted by Crippen LogP contribution is 2.26. The molecule has 0 bridgehead atoms. The molecule has 1 atom stereocenters. The number of halogens is 2. The van der Waals surface area contributed by atoms with Gasteiger partial charge in [-0.3, -0.25) is 9.59 Å². The first kappa shape index (κ1) is 24.6. The lowest BCUT2D eigenvalue weighted by molar-refractivity contribution is -0.141. The molecule has 4 nitrogen and oxygen atoms in total. The summed E-state index contributed by atoms with van der Waals surface area (Å²) in [7, 11) is 0. The third-order valence-electron chi connectivity index (χ3n) is 6.20. The molecule has 3 rings (SSSR count). The van der Waals surface area contributed by atoms with Gasteiger partial charge in [0.25, 0.3) is 0 Å². The third-order valence-corrected chi connectivity index (χ3v) is 6.91. The van der Waals surface area contributed by atoms with Crippen LogP contribution in [0.1, 0.15) is 62.1 Å². The van der Waals surface area contributed by atoms with Crippen molar-refractivity contribution in [2.75, 3.05) is 0 Å². The zero-order valence-electron chi connectivity index (χ0n) is 18.9. The van der Waals surface area contributed by atoms with Crippen LogP contribution < -0.4 is 5.32 Å². The van der Waals surface area contributed by atoms with Crippen molar-refractivity contribution in [2.24, 2.45) is 0 Å². The second-order valence-electron chi connectivity index (χ2n) is 8.65. The van der Waals surface area contributed by atoms with Crippen molar-refractivity contribution in [3.8, 4) is 0 Å². The van der Waals surface area contributed by atoms with Crippen molar-refractivity contribution >= 4 is 35.0 Å². The number of hydrogen-bond acceptors (Lipinski definition) is 2. The number of nitrogens with one attached hydrogen (secondary N) is 1. The molecule has 2 aromatic rings. The van der Waals surface area contributed by atoms with E-state index in [0.29, 0.717) is 28.6 Å². The second kappa shape index (κ2) is 11.7. The van der Waals surface area contributed by atoms with E-state index in [2.05, 4.69) is 5.32 Å². The van der Waals surface area contributed by atoms with Crippen LogP contribution in [0, 0.1) is 6.92 Å². The monoisotopic (exact) mass is 474 g/mol.